The maximum Gasteiger partial charge on any atom is 0.223 e. The summed E-state index contributed by atoms with van der Waals surface area (Å²) in [5.74, 6) is 0.982. The van der Waals surface area contributed by atoms with E-state index in [2.05, 4.69) is 41.7 Å². The molecule has 0 saturated carbocycles. The van der Waals surface area contributed by atoms with Crippen molar-refractivity contribution in [3.05, 3.63) is 70.7 Å². The topological polar surface area (TPSA) is 32.3 Å². The Balaban J connectivity index is 1.29. The van der Waals surface area contributed by atoms with E-state index in [9.17, 15) is 4.79 Å². The molecule has 0 spiro atoms. The predicted octanol–water partition coefficient (Wildman–Crippen LogP) is 4.34. The maximum atomic E-state index is 12.4. The van der Waals surface area contributed by atoms with Crippen molar-refractivity contribution in [2.24, 2.45) is 5.92 Å². The number of benzene rings is 2. The van der Waals surface area contributed by atoms with Crippen molar-refractivity contribution in [2.45, 2.75) is 32.1 Å². The second-order valence-corrected chi connectivity index (χ2v) is 7.83. The minimum atomic E-state index is 0.281. The Kier molecular flexibility index (Phi) is 7.73. The number of piperidine rings is 1. The first-order chi connectivity index (χ1) is 13.2. The molecule has 27 heavy (non-hydrogen) atoms. The number of likely N-dealkylation sites (tertiary alicyclic amines) is 1. The maximum absolute atomic E-state index is 12.4. The summed E-state index contributed by atoms with van der Waals surface area (Å²) >= 11 is 6.00. The molecular weight excluding hydrogens is 356 g/mol. The highest BCUT2D eigenvalue weighted by molar-refractivity contribution is 6.30. The van der Waals surface area contributed by atoms with E-state index in [4.69, 9.17) is 11.6 Å². The van der Waals surface area contributed by atoms with Crippen molar-refractivity contribution in [3.8, 4) is 0 Å². The number of amides is 1. The van der Waals surface area contributed by atoms with Crippen molar-refractivity contribution < 1.29 is 4.79 Å². The van der Waals surface area contributed by atoms with Crippen molar-refractivity contribution in [1.29, 1.82) is 0 Å². The normalized spacial score (nSPS) is 15.1. The average molecular weight is 385 g/mol. The number of carbonyl (C=O) groups is 1. The van der Waals surface area contributed by atoms with Crippen LogP contribution in [-0.2, 0) is 17.6 Å². The summed E-state index contributed by atoms with van der Waals surface area (Å²) < 4.78 is 0. The van der Waals surface area contributed by atoms with Crippen LogP contribution in [0.1, 0.15) is 30.4 Å². The standard InChI is InChI=1S/C23H29ClN2O/c24-22-8-4-7-20(18-22)9-13-25-14-10-23(27)26-15-11-21(12-16-26)17-19-5-2-1-3-6-19/h1-8,18,21,25H,9-17H2. The van der Waals surface area contributed by atoms with Crippen LogP contribution in [-0.4, -0.2) is 37.0 Å². The Labute approximate surface area is 167 Å². The number of nitrogens with one attached hydrogen (secondary N) is 1. The van der Waals surface area contributed by atoms with E-state index in [0.717, 1.165) is 56.9 Å². The zero-order valence-electron chi connectivity index (χ0n) is 15.9. The van der Waals surface area contributed by atoms with Crippen LogP contribution in [0.15, 0.2) is 54.6 Å². The molecule has 3 rings (SSSR count). The molecular formula is C23H29ClN2O. The van der Waals surface area contributed by atoms with Gasteiger partial charge < -0.3 is 10.2 Å². The van der Waals surface area contributed by atoms with Crippen LogP contribution in [0.4, 0.5) is 0 Å². The summed E-state index contributed by atoms with van der Waals surface area (Å²) in [6.07, 6.45) is 4.87. The Morgan fingerprint density at radius 2 is 1.74 bits per heavy atom. The van der Waals surface area contributed by atoms with Gasteiger partial charge in [0.25, 0.3) is 0 Å². The van der Waals surface area contributed by atoms with E-state index in [0.29, 0.717) is 12.3 Å². The fraction of sp³-hybridized carbons (Fsp3) is 0.435. The van der Waals surface area contributed by atoms with Gasteiger partial charge in [0.05, 0.1) is 0 Å². The summed E-state index contributed by atoms with van der Waals surface area (Å²) in [6, 6.07) is 18.6. The third kappa shape index (κ3) is 6.67. The van der Waals surface area contributed by atoms with Gasteiger partial charge in [0.2, 0.25) is 5.91 Å². The van der Waals surface area contributed by atoms with Crippen LogP contribution in [0.25, 0.3) is 0 Å². The molecule has 3 nitrogen and oxygen atoms in total. The van der Waals surface area contributed by atoms with Gasteiger partial charge in [-0.15, -0.1) is 0 Å². The summed E-state index contributed by atoms with van der Waals surface area (Å²) in [4.78, 5) is 14.5. The molecule has 0 aliphatic carbocycles. The second-order valence-electron chi connectivity index (χ2n) is 7.39. The molecule has 0 aromatic heterocycles. The SMILES string of the molecule is O=C(CCNCCc1cccc(Cl)c1)N1CCC(Cc2ccccc2)CC1. The summed E-state index contributed by atoms with van der Waals surface area (Å²) in [7, 11) is 0. The first kappa shape index (κ1) is 19.9. The largest absolute Gasteiger partial charge is 0.343 e. The van der Waals surface area contributed by atoms with Gasteiger partial charge in [0.1, 0.15) is 0 Å². The van der Waals surface area contributed by atoms with E-state index in [-0.39, 0.29) is 5.91 Å². The van der Waals surface area contributed by atoms with E-state index >= 15 is 0 Å². The lowest BCUT2D eigenvalue weighted by molar-refractivity contribution is -0.132. The number of rotatable bonds is 8. The van der Waals surface area contributed by atoms with E-state index in [1.807, 2.05) is 23.1 Å². The lowest BCUT2D eigenvalue weighted by Crippen LogP contribution is -2.40. The molecule has 1 saturated heterocycles. The van der Waals surface area contributed by atoms with E-state index in [1.54, 1.807) is 0 Å². The van der Waals surface area contributed by atoms with Crippen molar-refractivity contribution in [3.63, 3.8) is 0 Å². The fourth-order valence-electron chi connectivity index (χ4n) is 3.74. The van der Waals surface area contributed by atoms with Gasteiger partial charge in [-0.05, 0) is 61.4 Å². The smallest absolute Gasteiger partial charge is 0.223 e. The molecule has 2 aromatic rings. The number of hydrogen-bond acceptors (Lipinski definition) is 2. The Hall–Kier alpha value is -1.84. The summed E-state index contributed by atoms with van der Waals surface area (Å²) in [6.45, 7) is 3.41. The molecule has 1 fully saturated rings. The van der Waals surface area contributed by atoms with Crippen molar-refractivity contribution in [2.75, 3.05) is 26.2 Å². The van der Waals surface area contributed by atoms with Crippen LogP contribution >= 0.6 is 11.6 Å². The quantitative estimate of drug-likeness (QED) is 0.686. The van der Waals surface area contributed by atoms with Crippen LogP contribution in [0.5, 0.6) is 0 Å². The molecule has 1 N–H and O–H groups in total. The Bertz CT molecular complexity index is 711. The zero-order valence-corrected chi connectivity index (χ0v) is 16.6. The lowest BCUT2D eigenvalue weighted by Gasteiger charge is -2.32. The fourth-order valence-corrected chi connectivity index (χ4v) is 3.95. The molecule has 0 unspecified atom stereocenters. The van der Waals surface area contributed by atoms with Gasteiger partial charge in [-0.25, -0.2) is 0 Å². The van der Waals surface area contributed by atoms with Crippen LogP contribution in [0, 0.1) is 5.92 Å². The second kappa shape index (κ2) is 10.5. The van der Waals surface area contributed by atoms with E-state index in [1.165, 1.54) is 11.1 Å². The van der Waals surface area contributed by atoms with Gasteiger partial charge in [-0.1, -0.05) is 54.1 Å². The minimum absolute atomic E-state index is 0.281. The van der Waals surface area contributed by atoms with Crippen LogP contribution < -0.4 is 5.32 Å². The number of halogens is 1. The van der Waals surface area contributed by atoms with Gasteiger partial charge in [-0.2, -0.15) is 0 Å². The first-order valence-electron chi connectivity index (χ1n) is 9.97. The van der Waals surface area contributed by atoms with Crippen LogP contribution in [0.3, 0.4) is 0 Å². The highest BCUT2D eigenvalue weighted by atomic mass is 35.5. The van der Waals surface area contributed by atoms with Crippen molar-refractivity contribution in [1.82, 2.24) is 10.2 Å². The zero-order chi connectivity index (χ0) is 18.9. The predicted molar refractivity (Wildman–Crippen MR) is 112 cm³/mol. The van der Waals surface area contributed by atoms with Gasteiger partial charge >= 0.3 is 0 Å². The molecule has 0 radical (unpaired) electrons. The molecule has 0 atom stereocenters. The van der Waals surface area contributed by atoms with Gasteiger partial charge in [0.15, 0.2) is 0 Å². The lowest BCUT2D eigenvalue weighted by atomic mass is 9.90. The third-order valence-electron chi connectivity index (χ3n) is 5.33. The highest BCUT2D eigenvalue weighted by Gasteiger charge is 2.22. The third-order valence-corrected chi connectivity index (χ3v) is 5.56. The highest BCUT2D eigenvalue weighted by Crippen LogP contribution is 2.22. The molecule has 1 aliphatic heterocycles. The molecule has 4 heteroatoms. The Morgan fingerprint density at radius 1 is 1.00 bits per heavy atom. The number of nitrogens with zero attached hydrogens (tertiary/aromatic N) is 1. The summed E-state index contributed by atoms with van der Waals surface area (Å²) in [5, 5.41) is 4.15. The van der Waals surface area contributed by atoms with E-state index < -0.39 is 0 Å². The molecule has 0 bridgehead atoms. The number of hydrogen-bond donors (Lipinski definition) is 1. The monoisotopic (exact) mass is 384 g/mol. The molecule has 144 valence electrons. The molecule has 1 amide bonds. The molecule has 1 heterocycles. The average Bonchev–Trinajstić information content (AvgIpc) is 2.69. The van der Waals surface area contributed by atoms with Gasteiger partial charge in [-0.3, -0.25) is 4.79 Å². The molecule has 1 aliphatic rings. The first-order valence-corrected chi connectivity index (χ1v) is 10.4. The Morgan fingerprint density at radius 3 is 2.48 bits per heavy atom. The minimum Gasteiger partial charge on any atom is -0.343 e. The summed E-state index contributed by atoms with van der Waals surface area (Å²) in [5.41, 5.74) is 2.63. The number of carbonyl (C=O) groups excluding carboxylic acids is 1. The van der Waals surface area contributed by atoms with Crippen molar-refractivity contribution >= 4 is 17.5 Å². The molecule has 2 aromatic carbocycles. The van der Waals surface area contributed by atoms with Crippen LogP contribution in [0.2, 0.25) is 5.02 Å². The van der Waals surface area contributed by atoms with Gasteiger partial charge in [0, 0.05) is 31.1 Å².